The zero-order chi connectivity index (χ0) is 11.2. The molecule has 0 spiro atoms. The van der Waals surface area contributed by atoms with Crippen molar-refractivity contribution in [3.05, 3.63) is 0 Å². The number of likely N-dealkylation sites (tertiary alicyclic amines) is 1. The van der Waals surface area contributed by atoms with Gasteiger partial charge in [-0.05, 0) is 25.2 Å². The summed E-state index contributed by atoms with van der Waals surface area (Å²) in [6.45, 7) is 5.56. The van der Waals surface area contributed by atoms with Gasteiger partial charge in [-0.15, -0.1) is 0 Å². The van der Waals surface area contributed by atoms with Crippen LogP contribution in [0.25, 0.3) is 0 Å². The maximum Gasteiger partial charge on any atom is 0.0698 e. The lowest BCUT2D eigenvalue weighted by Crippen LogP contribution is -2.47. The van der Waals surface area contributed by atoms with E-state index < -0.39 is 0 Å². The van der Waals surface area contributed by atoms with Gasteiger partial charge in [0.1, 0.15) is 0 Å². The highest BCUT2D eigenvalue weighted by Crippen LogP contribution is 2.27. The Hall–Kier alpha value is -0.160. The molecule has 0 aromatic heterocycles. The van der Waals surface area contributed by atoms with Gasteiger partial charge >= 0.3 is 0 Å². The summed E-state index contributed by atoms with van der Waals surface area (Å²) in [4.78, 5) is 2.47. The number of hydrogen-bond donors (Lipinski definition) is 1. The van der Waals surface area contributed by atoms with Crippen LogP contribution in [0.15, 0.2) is 0 Å². The van der Waals surface area contributed by atoms with E-state index in [9.17, 15) is 0 Å². The SMILES string of the molecule is OCCOCCN1CCC2OCCCC2C1. The van der Waals surface area contributed by atoms with Crippen molar-refractivity contribution in [2.45, 2.75) is 25.4 Å². The Labute approximate surface area is 97.5 Å². The Kier molecular flexibility index (Phi) is 5.03. The molecule has 0 aliphatic carbocycles. The van der Waals surface area contributed by atoms with Crippen LogP contribution in [0.4, 0.5) is 0 Å². The summed E-state index contributed by atoms with van der Waals surface area (Å²) in [6, 6.07) is 0. The molecule has 2 rings (SSSR count). The van der Waals surface area contributed by atoms with Gasteiger partial charge in [0.05, 0.1) is 25.9 Å². The Bertz CT molecular complexity index is 201. The molecule has 0 saturated carbocycles. The van der Waals surface area contributed by atoms with Gasteiger partial charge in [-0.25, -0.2) is 0 Å². The second kappa shape index (κ2) is 6.55. The molecule has 4 heteroatoms. The van der Waals surface area contributed by atoms with Crippen LogP contribution in [-0.2, 0) is 9.47 Å². The van der Waals surface area contributed by atoms with Crippen LogP contribution in [-0.4, -0.2) is 62.2 Å². The fourth-order valence-corrected chi connectivity index (χ4v) is 2.73. The molecule has 2 fully saturated rings. The first-order valence-electron chi connectivity index (χ1n) is 6.42. The van der Waals surface area contributed by atoms with Crippen LogP contribution in [0, 0.1) is 5.92 Å². The highest BCUT2D eigenvalue weighted by Gasteiger charge is 2.31. The molecule has 1 N–H and O–H groups in total. The quantitative estimate of drug-likeness (QED) is 0.697. The fraction of sp³-hybridized carbons (Fsp3) is 1.00. The topological polar surface area (TPSA) is 41.9 Å². The molecule has 2 unspecified atom stereocenters. The maximum atomic E-state index is 8.60. The van der Waals surface area contributed by atoms with Crippen molar-refractivity contribution >= 4 is 0 Å². The number of fused-ring (bicyclic) bond motifs is 1. The highest BCUT2D eigenvalue weighted by atomic mass is 16.5. The van der Waals surface area contributed by atoms with Crippen molar-refractivity contribution in [2.75, 3.05) is 46.1 Å². The van der Waals surface area contributed by atoms with E-state index in [1.165, 1.54) is 19.3 Å². The lowest BCUT2D eigenvalue weighted by atomic mass is 9.88. The molecule has 4 nitrogen and oxygen atoms in total. The number of nitrogens with zero attached hydrogens (tertiary/aromatic N) is 1. The van der Waals surface area contributed by atoms with Crippen LogP contribution >= 0.6 is 0 Å². The molecule has 2 aliphatic rings. The van der Waals surface area contributed by atoms with Gasteiger partial charge in [-0.2, -0.15) is 0 Å². The predicted octanol–water partition coefficient (Wildman–Crippen LogP) is 0.496. The van der Waals surface area contributed by atoms with Crippen molar-refractivity contribution in [1.82, 2.24) is 4.90 Å². The smallest absolute Gasteiger partial charge is 0.0698 e. The minimum atomic E-state index is 0.124. The molecule has 0 bridgehead atoms. The molecule has 2 saturated heterocycles. The molecule has 2 atom stereocenters. The molecule has 94 valence electrons. The summed E-state index contributed by atoms with van der Waals surface area (Å²) in [6.07, 6.45) is 4.22. The van der Waals surface area contributed by atoms with Gasteiger partial charge in [0.25, 0.3) is 0 Å². The average molecular weight is 229 g/mol. The van der Waals surface area contributed by atoms with E-state index >= 15 is 0 Å². The minimum absolute atomic E-state index is 0.124. The van der Waals surface area contributed by atoms with E-state index in [2.05, 4.69) is 4.90 Å². The van der Waals surface area contributed by atoms with E-state index in [4.69, 9.17) is 14.6 Å². The fourth-order valence-electron chi connectivity index (χ4n) is 2.73. The summed E-state index contributed by atoms with van der Waals surface area (Å²) < 4.78 is 11.1. The lowest BCUT2D eigenvalue weighted by Gasteiger charge is -2.41. The average Bonchev–Trinajstić information content (AvgIpc) is 2.34. The Morgan fingerprint density at radius 1 is 1.31 bits per heavy atom. The third-order valence-corrected chi connectivity index (χ3v) is 3.59. The molecule has 16 heavy (non-hydrogen) atoms. The monoisotopic (exact) mass is 229 g/mol. The summed E-state index contributed by atoms with van der Waals surface area (Å²) >= 11 is 0. The van der Waals surface area contributed by atoms with Gasteiger partial charge in [0, 0.05) is 26.2 Å². The zero-order valence-corrected chi connectivity index (χ0v) is 9.94. The van der Waals surface area contributed by atoms with Crippen molar-refractivity contribution in [2.24, 2.45) is 5.92 Å². The molecular weight excluding hydrogens is 206 g/mol. The van der Waals surface area contributed by atoms with Gasteiger partial charge in [-0.3, -0.25) is 0 Å². The summed E-state index contributed by atoms with van der Waals surface area (Å²) in [7, 11) is 0. The van der Waals surface area contributed by atoms with Crippen LogP contribution in [0.2, 0.25) is 0 Å². The van der Waals surface area contributed by atoms with E-state index in [1.807, 2.05) is 0 Å². The van der Waals surface area contributed by atoms with Crippen molar-refractivity contribution in [1.29, 1.82) is 0 Å². The van der Waals surface area contributed by atoms with Gasteiger partial charge in [-0.1, -0.05) is 0 Å². The molecule has 0 radical (unpaired) electrons. The van der Waals surface area contributed by atoms with E-state index in [-0.39, 0.29) is 6.61 Å². The molecule has 0 amide bonds. The number of hydrogen-bond acceptors (Lipinski definition) is 4. The first kappa shape index (κ1) is 12.3. The number of aliphatic hydroxyl groups is 1. The number of aliphatic hydroxyl groups excluding tert-OH is 1. The van der Waals surface area contributed by atoms with Crippen molar-refractivity contribution < 1.29 is 14.6 Å². The molecule has 2 heterocycles. The standard InChI is InChI=1S/C12H23NO3/c14-6-9-15-8-5-13-4-3-12-11(10-13)2-1-7-16-12/h11-12,14H,1-10H2. The minimum Gasteiger partial charge on any atom is -0.394 e. The Morgan fingerprint density at radius 3 is 3.12 bits per heavy atom. The first-order chi connectivity index (χ1) is 7.90. The highest BCUT2D eigenvalue weighted by molar-refractivity contribution is 4.83. The predicted molar refractivity (Wildman–Crippen MR) is 61.4 cm³/mol. The van der Waals surface area contributed by atoms with Crippen LogP contribution in [0.1, 0.15) is 19.3 Å². The summed E-state index contributed by atoms with van der Waals surface area (Å²) in [5.41, 5.74) is 0. The van der Waals surface area contributed by atoms with E-state index in [0.29, 0.717) is 12.7 Å². The van der Waals surface area contributed by atoms with Crippen LogP contribution in [0.5, 0.6) is 0 Å². The molecule has 0 aromatic rings. The number of rotatable bonds is 5. The lowest BCUT2D eigenvalue weighted by molar-refractivity contribution is -0.0695. The third-order valence-electron chi connectivity index (χ3n) is 3.59. The summed E-state index contributed by atoms with van der Waals surface area (Å²) in [5.74, 6) is 0.736. The second-order valence-electron chi connectivity index (χ2n) is 4.74. The molecular formula is C12H23NO3. The number of piperidine rings is 1. The van der Waals surface area contributed by atoms with E-state index in [0.717, 1.165) is 38.8 Å². The normalized spacial score (nSPS) is 31.3. The van der Waals surface area contributed by atoms with Crippen molar-refractivity contribution in [3.8, 4) is 0 Å². The Balaban J connectivity index is 1.65. The summed E-state index contributed by atoms with van der Waals surface area (Å²) in [5, 5.41) is 8.60. The van der Waals surface area contributed by atoms with Crippen LogP contribution in [0.3, 0.4) is 0 Å². The third kappa shape index (κ3) is 3.42. The largest absolute Gasteiger partial charge is 0.394 e. The first-order valence-corrected chi connectivity index (χ1v) is 6.42. The molecule has 2 aliphatic heterocycles. The van der Waals surface area contributed by atoms with E-state index in [1.54, 1.807) is 0 Å². The van der Waals surface area contributed by atoms with Crippen molar-refractivity contribution in [3.63, 3.8) is 0 Å². The second-order valence-corrected chi connectivity index (χ2v) is 4.74. The van der Waals surface area contributed by atoms with Crippen LogP contribution < -0.4 is 0 Å². The van der Waals surface area contributed by atoms with Gasteiger partial charge in [0.15, 0.2) is 0 Å². The maximum absolute atomic E-state index is 8.60. The van der Waals surface area contributed by atoms with Gasteiger partial charge < -0.3 is 19.5 Å². The number of ether oxygens (including phenoxy) is 2. The zero-order valence-electron chi connectivity index (χ0n) is 9.94. The van der Waals surface area contributed by atoms with Gasteiger partial charge in [0.2, 0.25) is 0 Å². The Morgan fingerprint density at radius 2 is 2.25 bits per heavy atom. The molecule has 0 aromatic carbocycles.